The third-order valence-corrected chi connectivity index (χ3v) is 48.3. The normalized spacial score (nSPS) is 13.1. The van der Waals surface area contributed by atoms with Gasteiger partial charge in [0, 0.05) is 0 Å². The molecule has 0 aliphatic carbocycles. The Balaban J connectivity index is -0.0000000813. The first-order valence-corrected chi connectivity index (χ1v) is 48.4. The van der Waals surface area contributed by atoms with E-state index in [4.69, 9.17) is 40.2 Å². The van der Waals surface area contributed by atoms with Crippen molar-refractivity contribution < 1.29 is 57.5 Å². The second-order valence-corrected chi connectivity index (χ2v) is 70.9. The molecule has 0 atom stereocenters. The lowest BCUT2D eigenvalue weighted by Crippen LogP contribution is -2.23. The van der Waals surface area contributed by atoms with Crippen molar-refractivity contribution in [2.45, 2.75) is 415 Å². The van der Waals surface area contributed by atoms with Crippen molar-refractivity contribution >= 4 is 93.0 Å². The Morgan fingerprint density at radius 1 is 0.135 bits per heavy atom. The van der Waals surface area contributed by atoms with Crippen LogP contribution in [0.2, 0.25) is 0 Å². The molecular formula is C72H176B4F4O8P8. The molecular weight excluding hydrogens is 1360 g/mol. The Morgan fingerprint density at radius 3 is 0.156 bits per heavy atom. The van der Waals surface area contributed by atoms with E-state index < -0.39 is 29.6 Å². The van der Waals surface area contributed by atoms with E-state index in [2.05, 4.69) is 386 Å². The molecule has 0 heterocycles. The van der Waals surface area contributed by atoms with Crippen LogP contribution in [-0.2, 0) is 0 Å². The van der Waals surface area contributed by atoms with Gasteiger partial charge in [-0.1, -0.05) is 396 Å². The first-order valence-electron chi connectivity index (χ1n) is 34.1. The summed E-state index contributed by atoms with van der Waals surface area (Å²) in [6.07, 6.45) is 0. The van der Waals surface area contributed by atoms with Crippen LogP contribution in [0.3, 0.4) is 0 Å². The van der Waals surface area contributed by atoms with Gasteiger partial charge in [0.05, 0.1) is 0 Å². The van der Waals surface area contributed by atoms with Crippen molar-refractivity contribution in [3.05, 3.63) is 0 Å². The molecule has 0 aromatic carbocycles. The van der Waals surface area contributed by atoms with E-state index in [9.17, 15) is 17.3 Å². The summed E-state index contributed by atoms with van der Waals surface area (Å²) in [4.78, 5) is 0. The van der Waals surface area contributed by atoms with Crippen LogP contribution in [0.15, 0.2) is 0 Å². The molecule has 0 fully saturated rings. The summed E-state index contributed by atoms with van der Waals surface area (Å²) in [6, 6.07) is 0. The fourth-order valence-corrected chi connectivity index (χ4v) is 24.1. The topological polar surface area (TPSA) is 162 Å². The van der Waals surface area contributed by atoms with Gasteiger partial charge in [0.15, 0.2) is 0 Å². The predicted molar refractivity (Wildman–Crippen MR) is 464 cm³/mol. The van der Waals surface area contributed by atoms with Crippen LogP contribution < -0.4 is 0 Å². The van der Waals surface area contributed by atoms with E-state index in [-0.39, 0.29) is 63.4 Å². The van der Waals surface area contributed by atoms with Gasteiger partial charge in [-0.2, -0.15) is 0 Å². The van der Waals surface area contributed by atoms with Gasteiger partial charge in [-0.3, -0.25) is 17.3 Å². The fourth-order valence-electron chi connectivity index (χ4n) is 8.05. The smallest absolute Gasteiger partial charge is 0.398 e. The zero-order valence-corrected chi connectivity index (χ0v) is 82.1. The zero-order valence-electron chi connectivity index (χ0n) is 75.0. The van der Waals surface area contributed by atoms with Gasteiger partial charge in [-0.05, 0) is 136 Å². The molecule has 0 aliphatic heterocycles. The lowest BCUT2D eigenvalue weighted by molar-refractivity contribution is 0.338. The Kier molecular flexibility index (Phi) is 66.4. The minimum absolute atomic E-state index is 0.137. The van der Waals surface area contributed by atoms with E-state index in [1.54, 1.807) is 0 Å². The quantitative estimate of drug-likeness (QED) is 0.0676. The number of hydrogen-bond donors (Lipinski definition) is 8. The summed E-state index contributed by atoms with van der Waals surface area (Å²) in [5.74, 6) is 0. The van der Waals surface area contributed by atoms with Crippen molar-refractivity contribution in [3.8, 4) is 0 Å². The predicted octanol–water partition coefficient (Wildman–Crippen LogP) is 25.3. The van der Waals surface area contributed by atoms with Crippen LogP contribution in [0.4, 0.5) is 17.3 Å². The van der Waals surface area contributed by atoms with Gasteiger partial charge in [-0.15, -0.1) is 0 Å². The first-order chi connectivity index (χ1) is 40.2. The van der Waals surface area contributed by atoms with Crippen molar-refractivity contribution in [3.63, 3.8) is 0 Å². The summed E-state index contributed by atoms with van der Waals surface area (Å²) < 4.78 is 40.4. The van der Waals surface area contributed by atoms with Gasteiger partial charge in [-0.25, -0.2) is 0 Å². The van der Waals surface area contributed by atoms with E-state index in [0.717, 1.165) is 0 Å². The molecule has 0 aliphatic rings. The summed E-state index contributed by atoms with van der Waals surface area (Å²) >= 11 is 0. The second-order valence-electron chi connectivity index (χ2n) is 40.4. The molecule has 0 saturated carbocycles. The van der Waals surface area contributed by atoms with Crippen LogP contribution >= 0.6 is 63.4 Å². The van der Waals surface area contributed by atoms with Crippen molar-refractivity contribution in [1.82, 2.24) is 0 Å². The van der Waals surface area contributed by atoms with Gasteiger partial charge >= 0.3 is 29.6 Å². The molecule has 0 bridgehead atoms. The Labute approximate surface area is 614 Å². The molecule has 96 heavy (non-hydrogen) atoms. The SMILES string of the molecule is CP(C(C)(C)C)C(C)(C)C.CP(C(C)(C)C)C(C)(C)C.CP(C(C)(C)C)C(C)(C)C.CP(C(C)(C)C)C(C)(C)C.CP(C(C)(C)C)C(C)(C)C.CP(C(C)(C)C)C(C)(C)C.CP(C(C)(C)C)C(C)(C)C.CP(C(C)(C)C)C(C)(C)C.OB(O)F.OB(O)F.OB(O)F.OB(O)F. The number of halogens is 4. The highest BCUT2D eigenvalue weighted by Gasteiger charge is 2.35. The van der Waals surface area contributed by atoms with Gasteiger partial charge in [0.25, 0.3) is 0 Å². The molecule has 0 radical (unpaired) electrons. The average molecular weight is 1540 g/mol. The Morgan fingerprint density at radius 2 is 0.156 bits per heavy atom. The standard InChI is InChI=1S/8C9H21P.4BFH2O2/c8*1-8(2,3)10(7)9(4,5)6;4*2-1(3)4/h8*1-7H3;4*3-4H. The van der Waals surface area contributed by atoms with Crippen molar-refractivity contribution in [1.29, 1.82) is 0 Å². The van der Waals surface area contributed by atoms with Crippen LogP contribution in [0.5, 0.6) is 0 Å². The summed E-state index contributed by atoms with van der Waals surface area (Å²) in [7, 11) is -9.57. The van der Waals surface area contributed by atoms with Crippen LogP contribution in [0.25, 0.3) is 0 Å². The van der Waals surface area contributed by atoms with Gasteiger partial charge < -0.3 is 40.2 Å². The van der Waals surface area contributed by atoms with E-state index in [1.165, 1.54) is 0 Å². The van der Waals surface area contributed by atoms with Crippen LogP contribution in [0.1, 0.15) is 332 Å². The highest BCUT2D eigenvalue weighted by atomic mass is 31.1. The largest absolute Gasteiger partial charge is 0.674 e. The Hall–Kier alpha value is 3.10. The monoisotopic (exact) mass is 1540 g/mol. The maximum absolute atomic E-state index is 10.1. The van der Waals surface area contributed by atoms with E-state index in [0.29, 0.717) is 82.5 Å². The molecule has 0 aromatic rings. The third kappa shape index (κ3) is 91.3. The molecule has 0 amide bonds. The molecule has 0 unspecified atom stereocenters. The minimum Gasteiger partial charge on any atom is -0.398 e. The van der Waals surface area contributed by atoms with Crippen LogP contribution in [0, 0.1) is 0 Å². The maximum Gasteiger partial charge on any atom is 0.674 e. The molecule has 8 N–H and O–H groups in total. The van der Waals surface area contributed by atoms with E-state index in [1.807, 2.05) is 0 Å². The van der Waals surface area contributed by atoms with E-state index >= 15 is 0 Å². The summed E-state index contributed by atoms with van der Waals surface area (Å²) in [6.45, 7) is 131. The lowest BCUT2D eigenvalue weighted by atomic mass is 10.2. The fraction of sp³-hybridized carbons (Fsp3) is 1.00. The maximum atomic E-state index is 10.1. The van der Waals surface area contributed by atoms with Gasteiger partial charge in [0.1, 0.15) is 0 Å². The summed E-state index contributed by atoms with van der Waals surface area (Å²) in [5, 5.41) is 63.7. The average Bonchev–Trinajstić information content (AvgIpc) is 3.22. The molecule has 0 spiro atoms. The van der Waals surface area contributed by atoms with Crippen LogP contribution in [-0.4, -0.2) is 206 Å². The molecule has 592 valence electrons. The highest BCUT2D eigenvalue weighted by Crippen LogP contribution is 2.61. The second kappa shape index (κ2) is 50.7. The molecule has 24 heteroatoms. The molecule has 8 nitrogen and oxygen atoms in total. The molecule has 0 aromatic heterocycles. The van der Waals surface area contributed by atoms with Crippen molar-refractivity contribution in [2.75, 3.05) is 53.3 Å². The molecule has 0 rings (SSSR count). The lowest BCUT2D eigenvalue weighted by Gasteiger charge is -2.38. The van der Waals surface area contributed by atoms with Gasteiger partial charge in [0.2, 0.25) is 0 Å². The third-order valence-electron chi connectivity index (χ3n) is 16.1. The van der Waals surface area contributed by atoms with Crippen molar-refractivity contribution in [2.24, 2.45) is 0 Å². The summed E-state index contributed by atoms with van der Waals surface area (Å²) in [5.41, 5.74) is 0. The first kappa shape index (κ1) is 126. The highest BCUT2D eigenvalue weighted by molar-refractivity contribution is 7.62. The zero-order chi connectivity index (χ0) is 82.9. The Bertz CT molecular complexity index is 1320. The minimum atomic E-state index is -2.67. The number of hydrogen-bond acceptors (Lipinski definition) is 8. The number of rotatable bonds is 0. The molecule has 0 saturated heterocycles.